The van der Waals surface area contributed by atoms with Crippen LogP contribution in [-0.2, 0) is 0 Å². The zero-order chi connectivity index (χ0) is 10.9. The van der Waals surface area contributed by atoms with Crippen LogP contribution < -0.4 is 10.6 Å². The summed E-state index contributed by atoms with van der Waals surface area (Å²) in [7, 11) is 0. The van der Waals surface area contributed by atoms with Gasteiger partial charge in [-0.2, -0.15) is 0 Å². The first kappa shape index (κ1) is 10.8. The van der Waals surface area contributed by atoms with Crippen LogP contribution in [0.25, 0.3) is 0 Å². The van der Waals surface area contributed by atoms with Crippen molar-refractivity contribution >= 4 is 21.9 Å². The third-order valence-electron chi connectivity index (χ3n) is 2.80. The highest BCUT2D eigenvalue weighted by atomic mass is 79.9. The van der Waals surface area contributed by atoms with Crippen molar-refractivity contribution in [1.82, 2.24) is 9.97 Å². The molecule has 5 heteroatoms. The molecule has 0 unspecified atom stereocenters. The molecule has 0 radical (unpaired) electrons. The molecule has 0 aromatic carbocycles. The van der Waals surface area contributed by atoms with Crippen LogP contribution in [-0.4, -0.2) is 28.6 Å². The summed E-state index contributed by atoms with van der Waals surface area (Å²) in [5, 5.41) is 0. The van der Waals surface area contributed by atoms with Crippen LogP contribution >= 0.6 is 15.9 Å². The molecule has 2 heterocycles. The highest BCUT2D eigenvalue weighted by Gasteiger charge is 2.26. The van der Waals surface area contributed by atoms with Crippen LogP contribution in [0, 0.1) is 0 Å². The lowest BCUT2D eigenvalue weighted by molar-refractivity contribution is 0.362. The lowest BCUT2D eigenvalue weighted by Crippen LogP contribution is -2.48. The van der Waals surface area contributed by atoms with Crippen molar-refractivity contribution in [3.8, 4) is 0 Å². The Hall–Kier alpha value is -0.680. The molecular weight excluding hydrogens is 256 g/mol. The number of anilines is 1. The van der Waals surface area contributed by atoms with E-state index in [-0.39, 0.29) is 5.54 Å². The minimum absolute atomic E-state index is 0.0220. The Morgan fingerprint density at radius 2 is 1.87 bits per heavy atom. The minimum Gasteiger partial charge on any atom is -0.341 e. The molecule has 1 aliphatic rings. The SMILES string of the molecule is CC1(N)CCN(c2ncc(Br)cn2)CC1. The van der Waals surface area contributed by atoms with Crippen molar-refractivity contribution in [3.05, 3.63) is 16.9 Å². The van der Waals surface area contributed by atoms with Crippen LogP contribution in [0.1, 0.15) is 19.8 Å². The van der Waals surface area contributed by atoms with E-state index in [1.54, 1.807) is 12.4 Å². The molecule has 2 N–H and O–H groups in total. The van der Waals surface area contributed by atoms with Gasteiger partial charge >= 0.3 is 0 Å². The maximum atomic E-state index is 6.07. The van der Waals surface area contributed by atoms with Crippen LogP contribution in [0.3, 0.4) is 0 Å². The van der Waals surface area contributed by atoms with Crippen LogP contribution in [0.15, 0.2) is 16.9 Å². The van der Waals surface area contributed by atoms with E-state index in [1.807, 2.05) is 0 Å². The second-order valence-electron chi connectivity index (χ2n) is 4.34. The summed E-state index contributed by atoms with van der Waals surface area (Å²) in [6, 6.07) is 0. The van der Waals surface area contributed by atoms with Crippen molar-refractivity contribution in [2.45, 2.75) is 25.3 Å². The molecular formula is C10H15BrN4. The van der Waals surface area contributed by atoms with E-state index in [2.05, 4.69) is 37.7 Å². The first-order valence-electron chi connectivity index (χ1n) is 5.08. The Morgan fingerprint density at radius 3 is 2.40 bits per heavy atom. The van der Waals surface area contributed by atoms with E-state index in [1.165, 1.54) is 0 Å². The van der Waals surface area contributed by atoms with Gasteiger partial charge in [-0.1, -0.05) is 0 Å². The molecule has 0 spiro atoms. The Bertz CT molecular complexity index is 326. The number of hydrogen-bond acceptors (Lipinski definition) is 4. The maximum Gasteiger partial charge on any atom is 0.225 e. The smallest absolute Gasteiger partial charge is 0.225 e. The molecule has 1 aliphatic heterocycles. The van der Waals surface area contributed by atoms with Crippen molar-refractivity contribution in [1.29, 1.82) is 0 Å². The molecule has 1 aromatic heterocycles. The van der Waals surface area contributed by atoms with Gasteiger partial charge in [0.25, 0.3) is 0 Å². The fourth-order valence-corrected chi connectivity index (χ4v) is 1.89. The van der Waals surface area contributed by atoms with E-state index in [4.69, 9.17) is 5.73 Å². The molecule has 2 rings (SSSR count). The third-order valence-corrected chi connectivity index (χ3v) is 3.20. The second-order valence-corrected chi connectivity index (χ2v) is 5.26. The average molecular weight is 271 g/mol. The number of piperidine rings is 1. The summed E-state index contributed by atoms with van der Waals surface area (Å²) < 4.78 is 0.909. The monoisotopic (exact) mass is 270 g/mol. The first-order valence-corrected chi connectivity index (χ1v) is 5.87. The standard InChI is InChI=1S/C10H15BrN4/c1-10(12)2-4-15(5-3-10)9-13-6-8(11)7-14-9/h6-7H,2-5,12H2,1H3. The lowest BCUT2D eigenvalue weighted by Gasteiger charge is -2.36. The molecule has 0 saturated carbocycles. The molecule has 1 aromatic rings. The van der Waals surface area contributed by atoms with E-state index in [0.29, 0.717) is 0 Å². The van der Waals surface area contributed by atoms with Gasteiger partial charge in [0.1, 0.15) is 0 Å². The second kappa shape index (κ2) is 4.06. The summed E-state index contributed by atoms with van der Waals surface area (Å²) in [6.45, 7) is 3.98. The summed E-state index contributed by atoms with van der Waals surface area (Å²) in [4.78, 5) is 10.7. The molecule has 1 saturated heterocycles. The molecule has 0 bridgehead atoms. The highest BCUT2D eigenvalue weighted by Crippen LogP contribution is 2.21. The van der Waals surface area contributed by atoms with E-state index in [0.717, 1.165) is 36.4 Å². The molecule has 82 valence electrons. The minimum atomic E-state index is -0.0220. The summed E-state index contributed by atoms with van der Waals surface area (Å²) in [5.41, 5.74) is 6.05. The van der Waals surface area contributed by atoms with Gasteiger partial charge in [0.05, 0.1) is 4.47 Å². The number of nitrogens with zero attached hydrogens (tertiary/aromatic N) is 3. The van der Waals surface area contributed by atoms with Gasteiger partial charge in [0.2, 0.25) is 5.95 Å². The molecule has 0 amide bonds. The van der Waals surface area contributed by atoms with Gasteiger partial charge in [0.15, 0.2) is 0 Å². The van der Waals surface area contributed by atoms with E-state index >= 15 is 0 Å². The highest BCUT2D eigenvalue weighted by molar-refractivity contribution is 9.10. The van der Waals surface area contributed by atoms with Crippen LogP contribution in [0.5, 0.6) is 0 Å². The van der Waals surface area contributed by atoms with Crippen LogP contribution in [0.4, 0.5) is 5.95 Å². The molecule has 1 fully saturated rings. The van der Waals surface area contributed by atoms with Gasteiger partial charge in [-0.3, -0.25) is 0 Å². The molecule has 4 nitrogen and oxygen atoms in total. The predicted octanol–water partition coefficient (Wildman–Crippen LogP) is 1.56. The number of hydrogen-bond donors (Lipinski definition) is 1. The predicted molar refractivity (Wildman–Crippen MR) is 63.8 cm³/mol. The largest absolute Gasteiger partial charge is 0.341 e. The van der Waals surface area contributed by atoms with Gasteiger partial charge in [-0.25, -0.2) is 9.97 Å². The number of nitrogens with two attached hydrogens (primary N) is 1. The summed E-state index contributed by atoms with van der Waals surface area (Å²) >= 11 is 3.32. The topological polar surface area (TPSA) is 55.0 Å². The fourth-order valence-electron chi connectivity index (χ4n) is 1.69. The normalized spacial score (nSPS) is 20.3. The Morgan fingerprint density at radius 1 is 1.33 bits per heavy atom. The van der Waals surface area contributed by atoms with Crippen molar-refractivity contribution in [3.63, 3.8) is 0 Å². The van der Waals surface area contributed by atoms with Gasteiger partial charge in [-0.05, 0) is 35.7 Å². The molecule has 15 heavy (non-hydrogen) atoms. The zero-order valence-electron chi connectivity index (χ0n) is 8.78. The quantitative estimate of drug-likeness (QED) is 0.842. The van der Waals surface area contributed by atoms with Crippen molar-refractivity contribution in [2.24, 2.45) is 5.73 Å². The third kappa shape index (κ3) is 2.66. The number of rotatable bonds is 1. The molecule has 0 aliphatic carbocycles. The number of halogens is 1. The van der Waals surface area contributed by atoms with E-state index < -0.39 is 0 Å². The van der Waals surface area contributed by atoms with Crippen molar-refractivity contribution < 1.29 is 0 Å². The average Bonchev–Trinajstić information content (AvgIpc) is 2.20. The van der Waals surface area contributed by atoms with Gasteiger partial charge in [0, 0.05) is 31.0 Å². The van der Waals surface area contributed by atoms with E-state index in [9.17, 15) is 0 Å². The lowest BCUT2D eigenvalue weighted by atomic mass is 9.91. The van der Waals surface area contributed by atoms with Crippen LogP contribution in [0.2, 0.25) is 0 Å². The Kier molecular flexibility index (Phi) is 2.93. The first-order chi connectivity index (χ1) is 7.07. The summed E-state index contributed by atoms with van der Waals surface area (Å²) in [6.07, 6.45) is 5.54. The van der Waals surface area contributed by atoms with Gasteiger partial charge in [-0.15, -0.1) is 0 Å². The Balaban J connectivity index is 2.04. The van der Waals surface area contributed by atoms with Crippen molar-refractivity contribution in [2.75, 3.05) is 18.0 Å². The maximum absolute atomic E-state index is 6.07. The summed E-state index contributed by atoms with van der Waals surface area (Å²) in [5.74, 6) is 0.800. The molecule has 0 atom stereocenters. The van der Waals surface area contributed by atoms with Gasteiger partial charge < -0.3 is 10.6 Å². The zero-order valence-corrected chi connectivity index (χ0v) is 10.4. The fraction of sp³-hybridized carbons (Fsp3) is 0.600. The number of aromatic nitrogens is 2. The Labute approximate surface area is 98.0 Å².